The molecule has 0 saturated carbocycles. The molecule has 6 heteroatoms. The van der Waals surface area contributed by atoms with Crippen molar-refractivity contribution in [1.82, 2.24) is 21.1 Å². The summed E-state index contributed by atoms with van der Waals surface area (Å²) in [7, 11) is 4.06. The van der Waals surface area contributed by atoms with E-state index in [1.54, 1.807) is 0 Å². The number of benzene rings is 1. The van der Waals surface area contributed by atoms with Crippen molar-refractivity contribution in [2.24, 2.45) is 0 Å². The van der Waals surface area contributed by atoms with Crippen LogP contribution in [-0.4, -0.2) is 48.9 Å². The van der Waals surface area contributed by atoms with E-state index in [1.165, 1.54) is 0 Å². The van der Waals surface area contributed by atoms with Gasteiger partial charge in [-0.25, -0.2) is 5.43 Å². The highest BCUT2D eigenvalue weighted by Gasteiger charge is 2.37. The maximum Gasteiger partial charge on any atom is 0.240 e. The third kappa shape index (κ3) is 4.43. The second-order valence-electron chi connectivity index (χ2n) is 6.06. The number of hydrazine groups is 1. The molecule has 0 radical (unpaired) electrons. The first-order valence-corrected chi connectivity index (χ1v) is 8.08. The summed E-state index contributed by atoms with van der Waals surface area (Å²) in [6, 6.07) is 9.68. The maximum absolute atomic E-state index is 12.5. The van der Waals surface area contributed by atoms with E-state index < -0.39 is 6.04 Å². The van der Waals surface area contributed by atoms with Crippen LogP contribution in [0.3, 0.4) is 0 Å². The normalized spacial score (nSPS) is 26.1. The van der Waals surface area contributed by atoms with Gasteiger partial charge in [0.2, 0.25) is 5.91 Å². The van der Waals surface area contributed by atoms with Crippen LogP contribution < -0.4 is 16.2 Å². The average Bonchev–Trinajstić information content (AvgIpc) is 2.84. The molecule has 1 aromatic carbocycles. The molecular weight excluding hydrogens is 300 g/mol. The summed E-state index contributed by atoms with van der Waals surface area (Å²) in [6.45, 7) is 2.86. The molecule has 0 aliphatic carbocycles. The lowest BCUT2D eigenvalue weighted by atomic mass is 10.0. The van der Waals surface area contributed by atoms with E-state index in [0.29, 0.717) is 0 Å². The Morgan fingerprint density at radius 2 is 2.00 bits per heavy atom. The van der Waals surface area contributed by atoms with Crippen LogP contribution in [0.25, 0.3) is 0 Å². The maximum atomic E-state index is 12.5. The quantitative estimate of drug-likeness (QED) is 0.690. The largest absolute Gasteiger partial charge is 0.348 e. The van der Waals surface area contributed by atoms with Crippen LogP contribution in [0.5, 0.6) is 0 Å². The summed E-state index contributed by atoms with van der Waals surface area (Å²) in [5.74, 6) is -0.0653. The fourth-order valence-corrected chi connectivity index (χ4v) is 2.78. The Bertz CT molecular complexity index is 482. The highest BCUT2D eigenvalue weighted by molar-refractivity contribution is 6.23. The van der Waals surface area contributed by atoms with Crippen LogP contribution in [0.1, 0.15) is 24.9 Å². The van der Waals surface area contributed by atoms with Crippen molar-refractivity contribution in [3.8, 4) is 0 Å². The number of alkyl halides is 1. The Balaban J connectivity index is 2.04. The van der Waals surface area contributed by atoms with Gasteiger partial charge in [0.15, 0.2) is 0 Å². The highest BCUT2D eigenvalue weighted by Crippen LogP contribution is 2.19. The second kappa shape index (κ2) is 7.92. The zero-order valence-electron chi connectivity index (χ0n) is 13.3. The molecule has 1 aromatic rings. The molecule has 1 heterocycles. The van der Waals surface area contributed by atoms with Crippen molar-refractivity contribution < 1.29 is 4.79 Å². The van der Waals surface area contributed by atoms with Crippen LogP contribution >= 0.6 is 11.6 Å². The van der Waals surface area contributed by atoms with Gasteiger partial charge >= 0.3 is 0 Å². The van der Waals surface area contributed by atoms with Gasteiger partial charge in [-0.3, -0.25) is 10.2 Å². The van der Waals surface area contributed by atoms with Crippen molar-refractivity contribution in [3.63, 3.8) is 0 Å². The number of amides is 1. The van der Waals surface area contributed by atoms with Crippen molar-refractivity contribution >= 4 is 17.5 Å². The molecule has 1 saturated heterocycles. The predicted molar refractivity (Wildman–Crippen MR) is 89.7 cm³/mol. The molecule has 1 aliphatic heterocycles. The van der Waals surface area contributed by atoms with Crippen LogP contribution in [0, 0.1) is 0 Å². The lowest BCUT2D eigenvalue weighted by molar-refractivity contribution is -0.123. The Labute approximate surface area is 137 Å². The second-order valence-corrected chi connectivity index (χ2v) is 6.57. The minimum Gasteiger partial charge on any atom is -0.348 e. The standard InChI is InChI=1S/C16H25ClN4O/c1-11-14(17)15(20-19-11)16(22)18-13(9-10-21(2)3)12-7-5-4-6-8-12/h4-8,11,13-15,19-20H,9-10H2,1-3H3,(H,18,22). The van der Waals surface area contributed by atoms with Crippen LogP contribution in [-0.2, 0) is 4.79 Å². The zero-order valence-corrected chi connectivity index (χ0v) is 14.1. The zero-order chi connectivity index (χ0) is 16.1. The molecular formula is C16H25ClN4O. The lowest BCUT2D eigenvalue weighted by Gasteiger charge is -2.23. The molecule has 22 heavy (non-hydrogen) atoms. The molecule has 1 aliphatic rings. The number of nitrogens with zero attached hydrogens (tertiary/aromatic N) is 1. The summed E-state index contributed by atoms with van der Waals surface area (Å²) in [5, 5.41) is 2.87. The van der Waals surface area contributed by atoms with Gasteiger partial charge in [0.25, 0.3) is 0 Å². The van der Waals surface area contributed by atoms with Crippen molar-refractivity contribution in [2.75, 3.05) is 20.6 Å². The Kier molecular flexibility index (Phi) is 6.20. The van der Waals surface area contributed by atoms with E-state index in [1.807, 2.05) is 51.4 Å². The van der Waals surface area contributed by atoms with Gasteiger partial charge in [0.05, 0.1) is 11.4 Å². The van der Waals surface area contributed by atoms with Crippen molar-refractivity contribution in [1.29, 1.82) is 0 Å². The fraction of sp³-hybridized carbons (Fsp3) is 0.562. The van der Waals surface area contributed by atoms with Crippen LogP contribution in [0.15, 0.2) is 30.3 Å². The molecule has 0 aromatic heterocycles. The summed E-state index contributed by atoms with van der Waals surface area (Å²) in [5.41, 5.74) is 7.10. The lowest BCUT2D eigenvalue weighted by Crippen LogP contribution is -2.47. The fourth-order valence-electron chi connectivity index (χ4n) is 2.54. The SMILES string of the molecule is CC1NNC(C(=O)NC(CCN(C)C)c2ccccc2)C1Cl. The number of carbonyl (C=O) groups is 1. The number of nitrogens with one attached hydrogen (secondary N) is 3. The van der Waals surface area contributed by atoms with E-state index in [-0.39, 0.29) is 23.4 Å². The third-order valence-electron chi connectivity index (χ3n) is 3.93. The minimum absolute atomic E-state index is 0.0160. The summed E-state index contributed by atoms with van der Waals surface area (Å²) in [4.78, 5) is 14.6. The monoisotopic (exact) mass is 324 g/mol. The van der Waals surface area contributed by atoms with Gasteiger partial charge in [0, 0.05) is 6.04 Å². The van der Waals surface area contributed by atoms with Gasteiger partial charge in [-0.15, -0.1) is 11.6 Å². The van der Waals surface area contributed by atoms with Gasteiger partial charge in [-0.2, -0.15) is 0 Å². The number of hydrogen-bond donors (Lipinski definition) is 3. The summed E-state index contributed by atoms with van der Waals surface area (Å²) < 4.78 is 0. The van der Waals surface area contributed by atoms with E-state index in [9.17, 15) is 4.79 Å². The van der Waals surface area contributed by atoms with E-state index in [4.69, 9.17) is 11.6 Å². The molecule has 1 fully saturated rings. The van der Waals surface area contributed by atoms with Gasteiger partial charge in [-0.1, -0.05) is 30.3 Å². The molecule has 1 amide bonds. The number of halogens is 1. The molecule has 5 nitrogen and oxygen atoms in total. The molecule has 3 N–H and O–H groups in total. The number of carbonyl (C=O) groups excluding carboxylic acids is 1. The molecule has 4 atom stereocenters. The first-order valence-electron chi connectivity index (χ1n) is 7.64. The summed E-state index contributed by atoms with van der Waals surface area (Å²) in [6.07, 6.45) is 0.853. The number of hydrogen-bond acceptors (Lipinski definition) is 4. The smallest absolute Gasteiger partial charge is 0.240 e. The predicted octanol–water partition coefficient (Wildman–Crippen LogP) is 1.27. The van der Waals surface area contributed by atoms with E-state index >= 15 is 0 Å². The Hall–Kier alpha value is -1.14. The minimum atomic E-state index is -0.415. The molecule has 122 valence electrons. The molecule has 2 rings (SSSR count). The first kappa shape index (κ1) is 17.2. The first-order chi connectivity index (χ1) is 10.5. The Morgan fingerprint density at radius 3 is 2.55 bits per heavy atom. The van der Waals surface area contributed by atoms with Crippen LogP contribution in [0.4, 0.5) is 0 Å². The highest BCUT2D eigenvalue weighted by atomic mass is 35.5. The summed E-state index contributed by atoms with van der Waals surface area (Å²) >= 11 is 6.29. The third-order valence-corrected chi connectivity index (χ3v) is 4.56. The molecule has 0 spiro atoms. The topological polar surface area (TPSA) is 56.4 Å². The molecule has 0 bridgehead atoms. The van der Waals surface area contributed by atoms with Gasteiger partial charge in [-0.05, 0) is 39.5 Å². The number of rotatable bonds is 6. The van der Waals surface area contributed by atoms with E-state index in [0.717, 1.165) is 18.5 Å². The molecule has 4 unspecified atom stereocenters. The van der Waals surface area contributed by atoms with Crippen LogP contribution in [0.2, 0.25) is 0 Å². The van der Waals surface area contributed by atoms with Gasteiger partial charge in [0.1, 0.15) is 6.04 Å². The van der Waals surface area contributed by atoms with E-state index in [2.05, 4.69) is 21.1 Å². The average molecular weight is 325 g/mol. The van der Waals surface area contributed by atoms with Crippen molar-refractivity contribution in [3.05, 3.63) is 35.9 Å². The van der Waals surface area contributed by atoms with Crippen molar-refractivity contribution in [2.45, 2.75) is 36.8 Å². The van der Waals surface area contributed by atoms with Gasteiger partial charge < -0.3 is 10.2 Å². The Morgan fingerprint density at radius 1 is 1.32 bits per heavy atom.